The fourth-order valence-corrected chi connectivity index (χ4v) is 1.77. The molecule has 2 aromatic heterocycles. The second kappa shape index (κ2) is 6.19. The van der Waals surface area contributed by atoms with Crippen LogP contribution in [0.25, 0.3) is 0 Å². The summed E-state index contributed by atoms with van der Waals surface area (Å²) in [6.45, 7) is -0.328. The Labute approximate surface area is 123 Å². The van der Waals surface area contributed by atoms with Crippen LogP contribution in [0, 0.1) is 0 Å². The zero-order valence-corrected chi connectivity index (χ0v) is 11.4. The Morgan fingerprint density at radius 3 is 2.76 bits per heavy atom. The van der Waals surface area contributed by atoms with Crippen LogP contribution in [0.2, 0.25) is 5.15 Å². The molecule has 21 heavy (non-hydrogen) atoms. The first-order valence-corrected chi connectivity index (χ1v) is 6.19. The van der Waals surface area contributed by atoms with Crippen molar-refractivity contribution in [3.05, 3.63) is 57.7 Å². The number of halogens is 1. The van der Waals surface area contributed by atoms with Gasteiger partial charge in [-0.15, -0.1) is 0 Å². The van der Waals surface area contributed by atoms with Gasteiger partial charge in [-0.2, -0.15) is 0 Å². The molecule has 108 valence electrons. The van der Waals surface area contributed by atoms with Crippen LogP contribution in [-0.2, 0) is 11.3 Å². The molecular formula is C13H10ClN3O4. The molecule has 7 nitrogen and oxygen atoms in total. The van der Waals surface area contributed by atoms with Crippen LogP contribution in [-0.4, -0.2) is 26.5 Å². The lowest BCUT2D eigenvalue weighted by molar-refractivity contribution is -0.116. The van der Waals surface area contributed by atoms with Gasteiger partial charge in [-0.3, -0.25) is 9.59 Å². The number of pyridine rings is 2. The Morgan fingerprint density at radius 1 is 1.33 bits per heavy atom. The fraction of sp³-hybridized carbons (Fsp3) is 0.0769. The van der Waals surface area contributed by atoms with E-state index in [1.54, 1.807) is 12.1 Å². The second-order valence-electron chi connectivity index (χ2n) is 4.08. The van der Waals surface area contributed by atoms with E-state index in [1.165, 1.54) is 12.3 Å². The highest BCUT2D eigenvalue weighted by molar-refractivity contribution is 6.32. The summed E-state index contributed by atoms with van der Waals surface area (Å²) in [5.74, 6) is -1.70. The SMILES string of the molecule is O=C(Cn1cc(C(=O)O)ccc1=O)Nc1cccnc1Cl. The lowest BCUT2D eigenvalue weighted by Crippen LogP contribution is -2.27. The quantitative estimate of drug-likeness (QED) is 0.827. The van der Waals surface area contributed by atoms with Gasteiger partial charge < -0.3 is 15.0 Å². The number of amides is 1. The lowest BCUT2D eigenvalue weighted by atomic mass is 10.3. The van der Waals surface area contributed by atoms with Crippen LogP contribution in [0.15, 0.2) is 41.5 Å². The summed E-state index contributed by atoms with van der Waals surface area (Å²) in [7, 11) is 0. The van der Waals surface area contributed by atoms with Gasteiger partial charge in [0.25, 0.3) is 5.56 Å². The molecule has 0 saturated carbocycles. The number of carbonyl (C=O) groups excluding carboxylic acids is 1. The third kappa shape index (κ3) is 3.67. The number of carboxylic acid groups (broad SMARTS) is 1. The number of carbonyl (C=O) groups is 2. The summed E-state index contributed by atoms with van der Waals surface area (Å²) < 4.78 is 1.00. The zero-order chi connectivity index (χ0) is 15.4. The summed E-state index contributed by atoms with van der Waals surface area (Å²) in [5.41, 5.74) is -0.249. The maximum absolute atomic E-state index is 11.9. The Bertz CT molecular complexity index is 757. The van der Waals surface area contributed by atoms with E-state index in [-0.39, 0.29) is 17.3 Å². The maximum atomic E-state index is 11.9. The molecule has 0 aromatic carbocycles. The average molecular weight is 308 g/mol. The monoisotopic (exact) mass is 307 g/mol. The minimum Gasteiger partial charge on any atom is -0.478 e. The number of hydrogen-bond donors (Lipinski definition) is 2. The molecule has 0 radical (unpaired) electrons. The molecule has 0 saturated heterocycles. The number of aromatic nitrogens is 2. The molecule has 2 heterocycles. The normalized spacial score (nSPS) is 10.1. The highest BCUT2D eigenvalue weighted by Crippen LogP contribution is 2.17. The van der Waals surface area contributed by atoms with E-state index >= 15 is 0 Å². The fourth-order valence-electron chi connectivity index (χ4n) is 1.61. The third-order valence-electron chi connectivity index (χ3n) is 2.58. The largest absolute Gasteiger partial charge is 0.478 e. The molecule has 8 heteroatoms. The summed E-state index contributed by atoms with van der Waals surface area (Å²) in [5, 5.41) is 11.5. The summed E-state index contributed by atoms with van der Waals surface area (Å²) in [6.07, 6.45) is 2.58. The standard InChI is InChI=1S/C13H10ClN3O4/c14-12-9(2-1-5-15-12)16-10(18)7-17-6-8(13(20)21)3-4-11(17)19/h1-6H,7H2,(H,16,18)(H,20,21). The van der Waals surface area contributed by atoms with Gasteiger partial charge in [0.15, 0.2) is 5.15 Å². The number of rotatable bonds is 4. The van der Waals surface area contributed by atoms with E-state index in [2.05, 4.69) is 10.3 Å². The predicted molar refractivity (Wildman–Crippen MR) is 75.5 cm³/mol. The van der Waals surface area contributed by atoms with Gasteiger partial charge in [0, 0.05) is 18.5 Å². The molecule has 0 aliphatic rings. The number of nitrogens with one attached hydrogen (secondary N) is 1. The minimum absolute atomic E-state index is 0.0817. The first-order chi connectivity index (χ1) is 9.97. The van der Waals surface area contributed by atoms with Crippen molar-refractivity contribution in [2.24, 2.45) is 0 Å². The lowest BCUT2D eigenvalue weighted by Gasteiger charge is -2.08. The molecular weight excluding hydrogens is 298 g/mol. The molecule has 2 rings (SSSR count). The van der Waals surface area contributed by atoms with Crippen molar-refractivity contribution in [2.45, 2.75) is 6.54 Å². The number of carboxylic acids is 1. The van der Waals surface area contributed by atoms with Crippen LogP contribution in [0.3, 0.4) is 0 Å². The number of aromatic carboxylic acids is 1. The van der Waals surface area contributed by atoms with Crippen LogP contribution >= 0.6 is 11.6 Å². The second-order valence-corrected chi connectivity index (χ2v) is 4.44. The van der Waals surface area contributed by atoms with Crippen molar-refractivity contribution in [3.63, 3.8) is 0 Å². The predicted octanol–water partition coefficient (Wildman–Crippen LogP) is 1.23. The van der Waals surface area contributed by atoms with E-state index in [1.807, 2.05) is 0 Å². The van der Waals surface area contributed by atoms with E-state index in [4.69, 9.17) is 16.7 Å². The third-order valence-corrected chi connectivity index (χ3v) is 2.88. The van der Waals surface area contributed by atoms with Gasteiger partial charge in [0.05, 0.1) is 11.3 Å². The van der Waals surface area contributed by atoms with Gasteiger partial charge in [0.2, 0.25) is 5.91 Å². The number of anilines is 1. The number of nitrogens with zero attached hydrogens (tertiary/aromatic N) is 2. The van der Waals surface area contributed by atoms with Gasteiger partial charge in [0.1, 0.15) is 6.54 Å². The van der Waals surface area contributed by atoms with Crippen molar-refractivity contribution in [1.82, 2.24) is 9.55 Å². The molecule has 0 spiro atoms. The Kier molecular flexibility index (Phi) is 4.34. The molecule has 0 aliphatic carbocycles. The topological polar surface area (TPSA) is 101 Å². The van der Waals surface area contributed by atoms with Crippen LogP contribution < -0.4 is 10.9 Å². The Morgan fingerprint density at radius 2 is 2.10 bits per heavy atom. The maximum Gasteiger partial charge on any atom is 0.337 e. The van der Waals surface area contributed by atoms with Gasteiger partial charge in [-0.25, -0.2) is 9.78 Å². The van der Waals surface area contributed by atoms with Crippen LogP contribution in [0.1, 0.15) is 10.4 Å². The van der Waals surface area contributed by atoms with Crippen LogP contribution in [0.4, 0.5) is 5.69 Å². The molecule has 0 bridgehead atoms. The molecule has 2 N–H and O–H groups in total. The Balaban J connectivity index is 2.17. The van der Waals surface area contributed by atoms with E-state index < -0.39 is 17.4 Å². The highest BCUT2D eigenvalue weighted by atomic mass is 35.5. The highest BCUT2D eigenvalue weighted by Gasteiger charge is 2.10. The first kappa shape index (κ1) is 14.7. The molecule has 0 aliphatic heterocycles. The smallest absolute Gasteiger partial charge is 0.337 e. The van der Waals surface area contributed by atoms with Crippen molar-refractivity contribution < 1.29 is 14.7 Å². The van der Waals surface area contributed by atoms with Gasteiger partial charge in [-0.1, -0.05) is 11.6 Å². The number of hydrogen-bond acceptors (Lipinski definition) is 4. The molecule has 2 aromatic rings. The van der Waals surface area contributed by atoms with Crippen LogP contribution in [0.5, 0.6) is 0 Å². The van der Waals surface area contributed by atoms with Crippen molar-refractivity contribution in [2.75, 3.05) is 5.32 Å². The van der Waals surface area contributed by atoms with Crippen molar-refractivity contribution in [3.8, 4) is 0 Å². The summed E-state index contributed by atoms with van der Waals surface area (Å²) >= 11 is 5.80. The molecule has 0 unspecified atom stereocenters. The minimum atomic E-state index is -1.18. The summed E-state index contributed by atoms with van der Waals surface area (Å²) in [6, 6.07) is 5.42. The average Bonchev–Trinajstić information content (AvgIpc) is 2.43. The first-order valence-electron chi connectivity index (χ1n) is 5.81. The molecule has 0 fully saturated rings. The van der Waals surface area contributed by atoms with Gasteiger partial charge in [-0.05, 0) is 18.2 Å². The van der Waals surface area contributed by atoms with E-state index in [9.17, 15) is 14.4 Å². The van der Waals surface area contributed by atoms with Crippen molar-refractivity contribution in [1.29, 1.82) is 0 Å². The van der Waals surface area contributed by atoms with E-state index in [0.29, 0.717) is 5.69 Å². The molecule has 1 amide bonds. The molecule has 0 atom stereocenters. The van der Waals surface area contributed by atoms with E-state index in [0.717, 1.165) is 16.8 Å². The summed E-state index contributed by atoms with van der Waals surface area (Å²) in [4.78, 5) is 38.1. The van der Waals surface area contributed by atoms with Gasteiger partial charge >= 0.3 is 5.97 Å². The van der Waals surface area contributed by atoms with Crippen molar-refractivity contribution >= 4 is 29.2 Å². The Hall–Kier alpha value is -2.67. The zero-order valence-electron chi connectivity index (χ0n) is 10.6.